The summed E-state index contributed by atoms with van der Waals surface area (Å²) in [6.07, 6.45) is -1.66. The lowest BCUT2D eigenvalue weighted by molar-refractivity contribution is -0.384. The molecule has 0 radical (unpaired) electrons. The number of amides is 1. The van der Waals surface area contributed by atoms with Crippen LogP contribution >= 0.6 is 0 Å². The first kappa shape index (κ1) is 22.0. The fourth-order valence-electron chi connectivity index (χ4n) is 3.36. The Morgan fingerprint density at radius 2 is 1.96 bits per heavy atom. The van der Waals surface area contributed by atoms with Crippen LogP contribution in [0, 0.1) is 22.0 Å². The van der Waals surface area contributed by atoms with Crippen molar-refractivity contribution in [3.8, 4) is 0 Å². The minimum Gasteiger partial charge on any atom is -0.366 e. The first-order valence-corrected chi connectivity index (χ1v) is 9.48. The maximum atomic E-state index is 12.8. The third-order valence-electron chi connectivity index (χ3n) is 4.96. The van der Waals surface area contributed by atoms with Crippen LogP contribution in [0.5, 0.6) is 0 Å². The number of piperidine rings is 1. The van der Waals surface area contributed by atoms with Gasteiger partial charge < -0.3 is 10.2 Å². The first-order chi connectivity index (χ1) is 13.1. The molecule has 0 spiro atoms. The maximum absolute atomic E-state index is 12.8. The monoisotopic (exact) mass is 401 g/mol. The number of nitrogens with one attached hydrogen (secondary N) is 1. The number of carbonyl (C=O) groups excluding carboxylic acids is 1. The van der Waals surface area contributed by atoms with E-state index in [4.69, 9.17) is 0 Å². The largest absolute Gasteiger partial charge is 0.416 e. The summed E-state index contributed by atoms with van der Waals surface area (Å²) in [5.41, 5.74) is -1.45. The molecule has 1 fully saturated rings. The standard InChI is InChI=1S/C19H26F3N3O3/c1-13(2)4-3-9-23-18(26)14-7-10-24(11-8-14)16-6-5-15(19(20,21)22)12-17(16)25(27)28/h5-6,12-14H,3-4,7-11H2,1-2H3,(H,23,26). The number of benzene rings is 1. The molecule has 28 heavy (non-hydrogen) atoms. The van der Waals surface area contributed by atoms with Gasteiger partial charge in [-0.1, -0.05) is 13.8 Å². The van der Waals surface area contributed by atoms with Crippen LogP contribution in [0.2, 0.25) is 0 Å². The highest BCUT2D eigenvalue weighted by Gasteiger charge is 2.34. The highest BCUT2D eigenvalue weighted by Crippen LogP contribution is 2.37. The van der Waals surface area contributed by atoms with Crippen LogP contribution in [0.4, 0.5) is 24.5 Å². The Kier molecular flexibility index (Phi) is 7.26. The molecule has 0 aromatic heterocycles. The summed E-state index contributed by atoms with van der Waals surface area (Å²) in [6.45, 7) is 5.64. The smallest absolute Gasteiger partial charge is 0.366 e. The van der Waals surface area contributed by atoms with E-state index in [0.717, 1.165) is 25.0 Å². The van der Waals surface area contributed by atoms with Crippen molar-refractivity contribution < 1.29 is 22.9 Å². The lowest BCUT2D eigenvalue weighted by Crippen LogP contribution is -2.41. The van der Waals surface area contributed by atoms with E-state index in [1.165, 1.54) is 0 Å². The number of nitro benzene ring substituents is 1. The predicted molar refractivity (Wildman–Crippen MR) is 100 cm³/mol. The summed E-state index contributed by atoms with van der Waals surface area (Å²) in [5.74, 6) is 0.383. The van der Waals surface area contributed by atoms with Crippen LogP contribution in [0.3, 0.4) is 0 Å². The molecule has 0 atom stereocenters. The van der Waals surface area contributed by atoms with E-state index in [1.807, 2.05) is 0 Å². The van der Waals surface area contributed by atoms with Crippen LogP contribution in [0.25, 0.3) is 0 Å². The molecule has 0 unspecified atom stereocenters. The second kappa shape index (κ2) is 9.25. The Hall–Kier alpha value is -2.32. The zero-order valence-corrected chi connectivity index (χ0v) is 16.1. The number of hydrogen-bond acceptors (Lipinski definition) is 4. The van der Waals surface area contributed by atoms with Crippen molar-refractivity contribution in [1.29, 1.82) is 0 Å². The van der Waals surface area contributed by atoms with Gasteiger partial charge in [-0.3, -0.25) is 14.9 Å². The van der Waals surface area contributed by atoms with Crippen LogP contribution in [-0.2, 0) is 11.0 Å². The molecule has 1 amide bonds. The van der Waals surface area contributed by atoms with Crippen molar-refractivity contribution in [3.63, 3.8) is 0 Å². The molecule has 1 heterocycles. The van der Waals surface area contributed by atoms with Gasteiger partial charge in [0.2, 0.25) is 5.91 Å². The van der Waals surface area contributed by atoms with Gasteiger partial charge in [-0.15, -0.1) is 0 Å². The van der Waals surface area contributed by atoms with Crippen molar-refractivity contribution in [1.82, 2.24) is 5.32 Å². The van der Waals surface area contributed by atoms with Gasteiger partial charge in [0.25, 0.3) is 5.69 Å². The Bertz CT molecular complexity index is 699. The summed E-state index contributed by atoms with van der Waals surface area (Å²) >= 11 is 0. The molecule has 0 saturated carbocycles. The summed E-state index contributed by atoms with van der Waals surface area (Å²) in [5, 5.41) is 14.2. The van der Waals surface area contributed by atoms with E-state index in [2.05, 4.69) is 19.2 Å². The average Bonchev–Trinajstić information content (AvgIpc) is 2.63. The third-order valence-corrected chi connectivity index (χ3v) is 4.96. The summed E-state index contributed by atoms with van der Waals surface area (Å²) < 4.78 is 38.5. The van der Waals surface area contributed by atoms with Gasteiger partial charge in [-0.05, 0) is 43.7 Å². The zero-order chi connectivity index (χ0) is 20.9. The molecule has 0 bridgehead atoms. The Balaban J connectivity index is 1.97. The molecule has 9 heteroatoms. The molecular formula is C19H26F3N3O3. The van der Waals surface area contributed by atoms with Gasteiger partial charge in [0.05, 0.1) is 10.5 Å². The maximum Gasteiger partial charge on any atom is 0.416 e. The van der Waals surface area contributed by atoms with Gasteiger partial charge in [-0.2, -0.15) is 13.2 Å². The highest BCUT2D eigenvalue weighted by atomic mass is 19.4. The molecule has 1 aliphatic heterocycles. The van der Waals surface area contributed by atoms with E-state index in [1.54, 1.807) is 4.90 Å². The van der Waals surface area contributed by atoms with Gasteiger partial charge >= 0.3 is 6.18 Å². The van der Waals surface area contributed by atoms with Crippen LogP contribution in [-0.4, -0.2) is 30.5 Å². The first-order valence-electron chi connectivity index (χ1n) is 9.48. The number of carbonyl (C=O) groups is 1. The molecule has 1 aliphatic rings. The van der Waals surface area contributed by atoms with Gasteiger partial charge in [0, 0.05) is 31.6 Å². The van der Waals surface area contributed by atoms with Gasteiger partial charge in [0.1, 0.15) is 5.69 Å². The molecule has 2 rings (SSSR count). The SMILES string of the molecule is CC(C)CCCNC(=O)C1CCN(c2ccc(C(F)(F)F)cc2[N+](=O)[O-])CC1. The molecule has 6 nitrogen and oxygen atoms in total. The van der Waals surface area contributed by atoms with E-state index >= 15 is 0 Å². The van der Waals surface area contributed by atoms with E-state index < -0.39 is 22.4 Å². The molecular weight excluding hydrogens is 375 g/mol. The topological polar surface area (TPSA) is 75.5 Å². The van der Waals surface area contributed by atoms with Crippen molar-refractivity contribution in [3.05, 3.63) is 33.9 Å². The minimum absolute atomic E-state index is 0.0228. The van der Waals surface area contributed by atoms with Crippen LogP contribution in [0.1, 0.15) is 45.1 Å². The van der Waals surface area contributed by atoms with Crippen molar-refractivity contribution >= 4 is 17.3 Å². The van der Waals surface area contributed by atoms with Crippen LogP contribution < -0.4 is 10.2 Å². The quantitative estimate of drug-likeness (QED) is 0.418. The Labute approximate surface area is 162 Å². The molecule has 1 saturated heterocycles. The number of rotatable bonds is 7. The summed E-state index contributed by atoms with van der Waals surface area (Å²) in [6, 6.07) is 2.58. The zero-order valence-electron chi connectivity index (χ0n) is 16.1. The lowest BCUT2D eigenvalue weighted by atomic mass is 9.95. The number of nitrogens with zero attached hydrogens (tertiary/aromatic N) is 2. The Morgan fingerprint density at radius 1 is 1.32 bits per heavy atom. The van der Waals surface area contributed by atoms with Gasteiger partial charge in [-0.25, -0.2) is 0 Å². The number of anilines is 1. The predicted octanol–water partition coefficient (Wildman–Crippen LogP) is 4.38. The van der Waals surface area contributed by atoms with Crippen molar-refractivity contribution in [2.45, 2.75) is 45.7 Å². The summed E-state index contributed by atoms with van der Waals surface area (Å²) in [4.78, 5) is 24.4. The van der Waals surface area contributed by atoms with Crippen molar-refractivity contribution in [2.24, 2.45) is 11.8 Å². The average molecular weight is 401 g/mol. The number of hydrogen-bond donors (Lipinski definition) is 1. The molecule has 1 aromatic rings. The molecule has 0 aliphatic carbocycles. The Morgan fingerprint density at radius 3 is 2.50 bits per heavy atom. The third kappa shape index (κ3) is 5.84. The number of alkyl halides is 3. The van der Waals surface area contributed by atoms with E-state index in [9.17, 15) is 28.1 Å². The fourth-order valence-corrected chi connectivity index (χ4v) is 3.36. The van der Waals surface area contributed by atoms with E-state index in [0.29, 0.717) is 44.5 Å². The molecule has 156 valence electrons. The van der Waals surface area contributed by atoms with Crippen LogP contribution in [0.15, 0.2) is 18.2 Å². The second-order valence-electron chi connectivity index (χ2n) is 7.55. The minimum atomic E-state index is -4.63. The second-order valence-corrected chi connectivity index (χ2v) is 7.55. The highest BCUT2D eigenvalue weighted by molar-refractivity contribution is 5.79. The normalized spacial score (nSPS) is 15.7. The molecule has 1 N–H and O–H groups in total. The summed E-state index contributed by atoms with van der Waals surface area (Å²) in [7, 11) is 0. The number of halogens is 3. The fraction of sp³-hybridized carbons (Fsp3) is 0.632. The molecule has 1 aromatic carbocycles. The van der Waals surface area contributed by atoms with Crippen molar-refractivity contribution in [2.75, 3.05) is 24.5 Å². The van der Waals surface area contributed by atoms with E-state index in [-0.39, 0.29) is 17.5 Å². The van der Waals surface area contributed by atoms with Gasteiger partial charge in [0.15, 0.2) is 0 Å². The number of nitro groups is 1. The lowest BCUT2D eigenvalue weighted by Gasteiger charge is -2.32.